The third-order valence-corrected chi connectivity index (χ3v) is 1.43. The van der Waals surface area contributed by atoms with E-state index in [4.69, 9.17) is 17.7 Å². The van der Waals surface area contributed by atoms with Crippen LogP contribution >= 0.6 is 0 Å². The SMILES string of the molecule is CS(=O)(=O)[O-].C[N+]1(O)CCOCC1. The summed E-state index contributed by atoms with van der Waals surface area (Å²) in [6.07, 6.45) is 0.604. The number of quaternary nitrogens is 1. The van der Waals surface area contributed by atoms with Crippen LogP contribution in [0.3, 0.4) is 0 Å². The van der Waals surface area contributed by atoms with Crippen LogP contribution in [0.25, 0.3) is 0 Å². The van der Waals surface area contributed by atoms with Crippen LogP contribution in [0.1, 0.15) is 0 Å². The maximum Gasteiger partial charge on any atom is 0.132 e. The second-order valence-corrected chi connectivity index (χ2v) is 4.51. The lowest BCUT2D eigenvalue weighted by atomic mass is 10.4. The van der Waals surface area contributed by atoms with Gasteiger partial charge in [0.1, 0.15) is 13.1 Å². The second kappa shape index (κ2) is 4.87. The van der Waals surface area contributed by atoms with E-state index in [0.717, 1.165) is 13.1 Å². The average molecular weight is 213 g/mol. The molecule has 6 nitrogen and oxygen atoms in total. The number of nitrogens with zero attached hydrogens (tertiary/aromatic N) is 1. The molecule has 0 bridgehead atoms. The van der Waals surface area contributed by atoms with Crippen molar-refractivity contribution in [3.63, 3.8) is 0 Å². The van der Waals surface area contributed by atoms with E-state index in [1.807, 2.05) is 0 Å². The number of morpholine rings is 1. The molecule has 80 valence electrons. The molecule has 7 heteroatoms. The van der Waals surface area contributed by atoms with Gasteiger partial charge in [0, 0.05) is 6.26 Å². The minimum atomic E-state index is -3.92. The predicted molar refractivity (Wildman–Crippen MR) is 44.1 cm³/mol. The summed E-state index contributed by atoms with van der Waals surface area (Å²) in [5, 5.41) is 9.23. The van der Waals surface area contributed by atoms with E-state index in [0.29, 0.717) is 19.5 Å². The second-order valence-electron chi connectivity index (χ2n) is 3.10. The van der Waals surface area contributed by atoms with Crippen molar-refractivity contribution < 1.29 is 27.6 Å². The summed E-state index contributed by atoms with van der Waals surface area (Å²) in [6, 6.07) is 0. The molecule has 1 fully saturated rings. The summed E-state index contributed by atoms with van der Waals surface area (Å²) in [5.41, 5.74) is 0. The average Bonchev–Trinajstić information content (AvgIpc) is 1.82. The van der Waals surface area contributed by atoms with E-state index >= 15 is 0 Å². The van der Waals surface area contributed by atoms with Crippen molar-refractivity contribution in [3.8, 4) is 0 Å². The molecule has 0 unspecified atom stereocenters. The molecular weight excluding hydrogens is 198 g/mol. The predicted octanol–water partition coefficient (Wildman–Crippen LogP) is -0.986. The molecule has 0 aromatic rings. The maximum absolute atomic E-state index is 9.23. The summed E-state index contributed by atoms with van der Waals surface area (Å²) in [5.74, 6) is 0. The Balaban J connectivity index is 0.000000252. The number of hydroxylamine groups is 3. The first kappa shape index (κ1) is 12.8. The molecule has 0 amide bonds. The molecule has 0 spiro atoms. The lowest BCUT2D eigenvalue weighted by Gasteiger charge is -2.28. The Kier molecular flexibility index (Phi) is 4.79. The molecule has 1 saturated heterocycles. The summed E-state index contributed by atoms with van der Waals surface area (Å²) < 4.78 is 32.4. The smallest absolute Gasteiger partial charge is 0.132 e. The van der Waals surface area contributed by atoms with Gasteiger partial charge in [-0.05, 0) is 0 Å². The topological polar surface area (TPSA) is 86.7 Å². The van der Waals surface area contributed by atoms with Gasteiger partial charge in [0.25, 0.3) is 0 Å². The first-order valence-corrected chi connectivity index (χ1v) is 5.58. The Morgan fingerprint density at radius 2 is 1.69 bits per heavy atom. The van der Waals surface area contributed by atoms with E-state index in [-0.39, 0.29) is 4.65 Å². The molecule has 0 saturated carbocycles. The number of hydrogen-bond donors (Lipinski definition) is 1. The zero-order valence-electron chi connectivity index (χ0n) is 7.76. The molecule has 1 aliphatic heterocycles. The molecule has 0 aliphatic carbocycles. The lowest BCUT2D eigenvalue weighted by molar-refractivity contribution is -1.09. The standard InChI is InChI=1S/C5H12NO2.CH4O3S/c1-6(7)2-4-8-5-3-6;1-5(2,3)4/h7H,2-5H2,1H3;1H3,(H,2,3,4)/q+1;/p-1. The maximum atomic E-state index is 9.23. The van der Waals surface area contributed by atoms with E-state index < -0.39 is 10.1 Å². The van der Waals surface area contributed by atoms with Crippen molar-refractivity contribution in [2.75, 3.05) is 39.6 Å². The zero-order valence-corrected chi connectivity index (χ0v) is 8.58. The van der Waals surface area contributed by atoms with Crippen LogP contribution in [0.4, 0.5) is 0 Å². The third-order valence-electron chi connectivity index (χ3n) is 1.43. The Hall–Kier alpha value is -0.210. The van der Waals surface area contributed by atoms with Gasteiger partial charge in [-0.25, -0.2) is 13.6 Å². The van der Waals surface area contributed by atoms with Crippen LogP contribution in [-0.4, -0.2) is 62.4 Å². The van der Waals surface area contributed by atoms with E-state index in [1.54, 1.807) is 7.05 Å². The molecule has 1 heterocycles. The quantitative estimate of drug-likeness (QED) is 0.412. The molecule has 0 atom stereocenters. The minimum Gasteiger partial charge on any atom is -0.748 e. The Labute approximate surface area is 78.0 Å². The monoisotopic (exact) mass is 213 g/mol. The van der Waals surface area contributed by atoms with Crippen molar-refractivity contribution in [2.45, 2.75) is 0 Å². The normalized spacial score (nSPS) is 21.5. The largest absolute Gasteiger partial charge is 0.748 e. The Morgan fingerprint density at radius 3 is 1.85 bits per heavy atom. The minimum absolute atomic E-state index is 0.125. The zero-order chi connectivity index (χ0) is 10.5. The van der Waals surface area contributed by atoms with Gasteiger partial charge in [-0.15, -0.1) is 0 Å². The van der Waals surface area contributed by atoms with Crippen LogP contribution in [0.2, 0.25) is 0 Å². The Bertz CT molecular complexity index is 219. The molecular formula is C6H15NO5S. The van der Waals surface area contributed by atoms with E-state index in [9.17, 15) is 5.21 Å². The van der Waals surface area contributed by atoms with E-state index in [2.05, 4.69) is 0 Å². The molecule has 0 radical (unpaired) electrons. The lowest BCUT2D eigenvalue weighted by Crippen LogP contribution is -2.48. The first-order valence-electron chi connectivity index (χ1n) is 3.77. The third kappa shape index (κ3) is 11.8. The fraction of sp³-hybridized carbons (Fsp3) is 1.00. The fourth-order valence-corrected chi connectivity index (χ4v) is 0.736. The number of likely N-dealkylation sites (N-methyl/N-ethyl adjacent to an activating group) is 1. The number of rotatable bonds is 0. The molecule has 1 rings (SSSR count). The summed E-state index contributed by atoms with van der Waals surface area (Å²) >= 11 is 0. The van der Waals surface area contributed by atoms with Crippen LogP contribution < -0.4 is 0 Å². The highest BCUT2D eigenvalue weighted by Crippen LogP contribution is 2.00. The fourth-order valence-electron chi connectivity index (χ4n) is 0.736. The molecule has 0 aromatic heterocycles. The van der Waals surface area contributed by atoms with Crippen molar-refractivity contribution >= 4 is 10.1 Å². The van der Waals surface area contributed by atoms with Crippen molar-refractivity contribution in [1.29, 1.82) is 0 Å². The van der Waals surface area contributed by atoms with Crippen molar-refractivity contribution in [1.82, 2.24) is 0 Å². The highest BCUT2D eigenvalue weighted by atomic mass is 32.2. The van der Waals surface area contributed by atoms with Gasteiger partial charge in [-0.3, -0.25) is 0 Å². The van der Waals surface area contributed by atoms with Gasteiger partial charge >= 0.3 is 0 Å². The summed E-state index contributed by atoms with van der Waals surface area (Å²) in [7, 11) is -2.12. The van der Waals surface area contributed by atoms with Crippen LogP contribution in [0.15, 0.2) is 0 Å². The summed E-state index contributed by atoms with van der Waals surface area (Å²) in [4.78, 5) is 0. The number of ether oxygens (including phenoxy) is 1. The van der Waals surface area contributed by atoms with Gasteiger partial charge in [0.15, 0.2) is 0 Å². The molecule has 0 aromatic carbocycles. The summed E-state index contributed by atoms with van der Waals surface area (Å²) in [6.45, 7) is 2.82. The van der Waals surface area contributed by atoms with E-state index in [1.165, 1.54) is 0 Å². The molecule has 1 aliphatic rings. The molecule has 13 heavy (non-hydrogen) atoms. The van der Waals surface area contributed by atoms with Crippen molar-refractivity contribution in [3.05, 3.63) is 0 Å². The van der Waals surface area contributed by atoms with Gasteiger partial charge in [-0.2, -0.15) is 4.65 Å². The van der Waals surface area contributed by atoms with Crippen molar-refractivity contribution in [2.24, 2.45) is 0 Å². The van der Waals surface area contributed by atoms with Gasteiger partial charge in [0.05, 0.1) is 30.4 Å². The molecule has 1 N–H and O–H groups in total. The highest BCUT2D eigenvalue weighted by Gasteiger charge is 2.21. The first-order chi connectivity index (χ1) is 5.71. The van der Waals surface area contributed by atoms with Crippen LogP contribution in [0, 0.1) is 0 Å². The van der Waals surface area contributed by atoms with Gasteiger partial charge in [-0.1, -0.05) is 0 Å². The van der Waals surface area contributed by atoms with Gasteiger partial charge in [0.2, 0.25) is 0 Å². The van der Waals surface area contributed by atoms with Crippen LogP contribution in [-0.2, 0) is 14.9 Å². The number of hydrogen-bond acceptors (Lipinski definition) is 5. The Morgan fingerprint density at radius 1 is 1.38 bits per heavy atom. The van der Waals surface area contributed by atoms with Gasteiger partial charge < -0.3 is 9.29 Å². The highest BCUT2D eigenvalue weighted by molar-refractivity contribution is 7.84. The van der Waals surface area contributed by atoms with Crippen LogP contribution in [0.5, 0.6) is 0 Å².